The number of pyridine rings is 1. The SMILES string of the molecule is Cc1ccc(CSc2nc(=O)n(Cc3ccncc3)c3c2CCCC3)cc1. The second kappa shape index (κ2) is 8.09. The first kappa shape index (κ1) is 18.0. The van der Waals surface area contributed by atoms with Gasteiger partial charge in [-0.15, -0.1) is 11.8 Å². The third-order valence-corrected chi connectivity index (χ3v) is 6.13. The Bertz CT molecular complexity index is 981. The fraction of sp³-hybridized carbons (Fsp3) is 0.318. The average Bonchev–Trinajstić information content (AvgIpc) is 2.71. The first-order valence-electron chi connectivity index (χ1n) is 9.40. The van der Waals surface area contributed by atoms with Gasteiger partial charge in [-0.3, -0.25) is 9.55 Å². The minimum atomic E-state index is -0.140. The summed E-state index contributed by atoms with van der Waals surface area (Å²) in [6.07, 6.45) is 7.80. The number of thioether (sulfide) groups is 1. The molecule has 2 aromatic heterocycles. The second-order valence-electron chi connectivity index (χ2n) is 7.05. The number of aryl methyl sites for hydroxylation is 1. The lowest BCUT2D eigenvalue weighted by molar-refractivity contribution is 0.569. The lowest BCUT2D eigenvalue weighted by atomic mass is 9.97. The highest BCUT2D eigenvalue weighted by Gasteiger charge is 2.20. The molecule has 1 aromatic carbocycles. The van der Waals surface area contributed by atoms with Gasteiger partial charge in [0.1, 0.15) is 5.03 Å². The minimum Gasteiger partial charge on any atom is -0.292 e. The maximum Gasteiger partial charge on any atom is 0.349 e. The van der Waals surface area contributed by atoms with Crippen molar-refractivity contribution in [2.45, 2.75) is 49.9 Å². The number of nitrogens with zero attached hydrogens (tertiary/aromatic N) is 3. The van der Waals surface area contributed by atoms with Crippen LogP contribution in [0.3, 0.4) is 0 Å². The smallest absolute Gasteiger partial charge is 0.292 e. The first-order chi connectivity index (χ1) is 13.2. The molecule has 0 spiro atoms. The molecule has 0 radical (unpaired) electrons. The summed E-state index contributed by atoms with van der Waals surface area (Å²) in [5, 5.41) is 0.918. The molecule has 4 nitrogen and oxygen atoms in total. The summed E-state index contributed by atoms with van der Waals surface area (Å²) in [5.74, 6) is 0.841. The average molecular weight is 378 g/mol. The van der Waals surface area contributed by atoms with Gasteiger partial charge in [-0.05, 0) is 55.9 Å². The van der Waals surface area contributed by atoms with Crippen molar-refractivity contribution >= 4 is 11.8 Å². The summed E-state index contributed by atoms with van der Waals surface area (Å²) in [6, 6.07) is 12.5. The molecule has 0 fully saturated rings. The molecule has 5 heteroatoms. The van der Waals surface area contributed by atoms with E-state index in [2.05, 4.69) is 41.2 Å². The van der Waals surface area contributed by atoms with E-state index in [1.165, 1.54) is 28.8 Å². The number of fused-ring (bicyclic) bond motifs is 1. The third kappa shape index (κ3) is 4.14. The van der Waals surface area contributed by atoms with Gasteiger partial charge in [-0.2, -0.15) is 4.98 Å². The Morgan fingerprint density at radius 2 is 1.74 bits per heavy atom. The molecular weight excluding hydrogens is 354 g/mol. The number of rotatable bonds is 5. The molecule has 0 N–H and O–H groups in total. The molecule has 138 valence electrons. The fourth-order valence-electron chi connectivity index (χ4n) is 3.54. The van der Waals surface area contributed by atoms with Gasteiger partial charge >= 0.3 is 5.69 Å². The number of hydrogen-bond donors (Lipinski definition) is 0. The van der Waals surface area contributed by atoms with Crippen LogP contribution < -0.4 is 5.69 Å². The Hall–Kier alpha value is -2.40. The highest BCUT2D eigenvalue weighted by atomic mass is 32.2. The van der Waals surface area contributed by atoms with Crippen LogP contribution in [0.1, 0.15) is 40.8 Å². The van der Waals surface area contributed by atoms with Gasteiger partial charge in [0.15, 0.2) is 0 Å². The van der Waals surface area contributed by atoms with Gasteiger partial charge in [0.05, 0.1) is 6.54 Å². The zero-order valence-electron chi connectivity index (χ0n) is 15.5. The molecule has 1 aliphatic carbocycles. The Kier molecular flexibility index (Phi) is 5.39. The number of benzene rings is 1. The number of aromatic nitrogens is 3. The highest BCUT2D eigenvalue weighted by Crippen LogP contribution is 2.30. The maximum absolute atomic E-state index is 12.8. The molecule has 2 heterocycles. The molecule has 3 aromatic rings. The summed E-state index contributed by atoms with van der Waals surface area (Å²) >= 11 is 1.69. The van der Waals surface area contributed by atoms with Crippen LogP contribution in [0.25, 0.3) is 0 Å². The van der Waals surface area contributed by atoms with Gasteiger partial charge < -0.3 is 0 Å². The largest absolute Gasteiger partial charge is 0.349 e. The molecular formula is C22H23N3OS. The van der Waals surface area contributed by atoms with Crippen LogP contribution in [0.15, 0.2) is 58.6 Å². The Balaban J connectivity index is 1.64. The van der Waals surface area contributed by atoms with Crippen LogP contribution in [0, 0.1) is 6.92 Å². The molecule has 0 saturated carbocycles. The van der Waals surface area contributed by atoms with E-state index in [1.54, 1.807) is 24.2 Å². The second-order valence-corrected chi connectivity index (χ2v) is 8.01. The van der Waals surface area contributed by atoms with E-state index in [1.807, 2.05) is 16.7 Å². The van der Waals surface area contributed by atoms with Crippen molar-refractivity contribution in [2.24, 2.45) is 0 Å². The van der Waals surface area contributed by atoms with Gasteiger partial charge in [0.25, 0.3) is 0 Å². The molecule has 0 aliphatic heterocycles. The lowest BCUT2D eigenvalue weighted by Gasteiger charge is -2.22. The molecule has 0 amide bonds. The molecule has 0 atom stereocenters. The normalized spacial score (nSPS) is 13.4. The molecule has 4 rings (SSSR count). The summed E-state index contributed by atoms with van der Waals surface area (Å²) in [4.78, 5) is 21.3. The zero-order valence-corrected chi connectivity index (χ0v) is 16.3. The standard InChI is InChI=1S/C22H23N3OS/c1-16-6-8-18(9-7-16)15-27-21-19-4-2-3-5-20(19)25(22(26)24-21)14-17-10-12-23-13-11-17/h6-13H,2-5,14-15H2,1H3. The molecule has 1 aliphatic rings. The summed E-state index contributed by atoms with van der Waals surface area (Å²) < 4.78 is 1.86. The monoisotopic (exact) mass is 377 g/mol. The molecule has 0 saturated heterocycles. The van der Waals surface area contributed by atoms with Crippen LogP contribution in [0.5, 0.6) is 0 Å². The predicted molar refractivity (Wildman–Crippen MR) is 109 cm³/mol. The summed E-state index contributed by atoms with van der Waals surface area (Å²) in [5.41, 5.74) is 5.91. The molecule has 27 heavy (non-hydrogen) atoms. The quantitative estimate of drug-likeness (QED) is 0.495. The van der Waals surface area contributed by atoms with E-state index in [-0.39, 0.29) is 5.69 Å². The Morgan fingerprint density at radius 3 is 2.52 bits per heavy atom. The zero-order chi connectivity index (χ0) is 18.6. The topological polar surface area (TPSA) is 47.8 Å². The van der Waals surface area contributed by atoms with Crippen LogP contribution in [-0.2, 0) is 25.1 Å². The van der Waals surface area contributed by atoms with Crippen LogP contribution in [-0.4, -0.2) is 14.5 Å². The number of hydrogen-bond acceptors (Lipinski definition) is 4. The van der Waals surface area contributed by atoms with Crippen molar-refractivity contribution < 1.29 is 0 Å². The van der Waals surface area contributed by atoms with E-state index in [9.17, 15) is 4.79 Å². The molecule has 0 unspecified atom stereocenters. The lowest BCUT2D eigenvalue weighted by Crippen LogP contribution is -2.30. The van der Waals surface area contributed by atoms with E-state index in [0.29, 0.717) is 6.54 Å². The van der Waals surface area contributed by atoms with E-state index in [0.717, 1.165) is 35.6 Å². The van der Waals surface area contributed by atoms with E-state index in [4.69, 9.17) is 0 Å². The van der Waals surface area contributed by atoms with Gasteiger partial charge in [0.2, 0.25) is 0 Å². The van der Waals surface area contributed by atoms with Gasteiger partial charge in [-0.1, -0.05) is 29.8 Å². The van der Waals surface area contributed by atoms with Crippen molar-refractivity contribution in [1.82, 2.24) is 14.5 Å². The van der Waals surface area contributed by atoms with Crippen LogP contribution >= 0.6 is 11.8 Å². The fourth-order valence-corrected chi connectivity index (χ4v) is 4.57. The van der Waals surface area contributed by atoms with E-state index < -0.39 is 0 Å². The van der Waals surface area contributed by atoms with Crippen molar-refractivity contribution in [3.63, 3.8) is 0 Å². The van der Waals surface area contributed by atoms with Gasteiger partial charge in [-0.25, -0.2) is 4.79 Å². The van der Waals surface area contributed by atoms with Gasteiger partial charge in [0, 0.05) is 29.4 Å². The first-order valence-corrected chi connectivity index (χ1v) is 10.4. The van der Waals surface area contributed by atoms with Crippen molar-refractivity contribution in [1.29, 1.82) is 0 Å². The van der Waals surface area contributed by atoms with Crippen molar-refractivity contribution in [2.75, 3.05) is 0 Å². The summed E-state index contributed by atoms with van der Waals surface area (Å²) in [6.45, 7) is 2.66. The minimum absolute atomic E-state index is 0.140. The Morgan fingerprint density at radius 1 is 1.00 bits per heavy atom. The third-order valence-electron chi connectivity index (χ3n) is 5.04. The summed E-state index contributed by atoms with van der Waals surface area (Å²) in [7, 11) is 0. The van der Waals surface area contributed by atoms with Crippen molar-refractivity contribution in [3.05, 3.63) is 87.2 Å². The van der Waals surface area contributed by atoms with Crippen molar-refractivity contribution in [3.8, 4) is 0 Å². The maximum atomic E-state index is 12.8. The van der Waals surface area contributed by atoms with Crippen LogP contribution in [0.2, 0.25) is 0 Å². The highest BCUT2D eigenvalue weighted by molar-refractivity contribution is 7.98. The predicted octanol–water partition coefficient (Wildman–Crippen LogP) is 4.17. The molecule has 0 bridgehead atoms. The Labute approximate surface area is 163 Å². The van der Waals surface area contributed by atoms with E-state index >= 15 is 0 Å². The van der Waals surface area contributed by atoms with Crippen LogP contribution in [0.4, 0.5) is 0 Å².